The highest BCUT2D eigenvalue weighted by molar-refractivity contribution is 5.80. The molecule has 1 unspecified atom stereocenters. The highest BCUT2D eigenvalue weighted by atomic mass is 15.3. The summed E-state index contributed by atoms with van der Waals surface area (Å²) in [7, 11) is 0. The van der Waals surface area contributed by atoms with Gasteiger partial charge < -0.3 is 10.2 Å². The van der Waals surface area contributed by atoms with Gasteiger partial charge in [-0.25, -0.2) is 0 Å². The fourth-order valence-electron chi connectivity index (χ4n) is 3.24. The van der Waals surface area contributed by atoms with Gasteiger partial charge in [-0.3, -0.25) is 9.89 Å². The van der Waals surface area contributed by atoms with Crippen molar-refractivity contribution in [3.63, 3.8) is 0 Å². The first-order valence-corrected chi connectivity index (χ1v) is 8.92. The molecule has 4 nitrogen and oxygen atoms in total. The van der Waals surface area contributed by atoms with Crippen LogP contribution in [-0.4, -0.2) is 61.1 Å². The smallest absolute Gasteiger partial charge is 0.193 e. The Bertz CT molecular complexity index is 386. The molecule has 2 aliphatic rings. The van der Waals surface area contributed by atoms with Crippen LogP contribution in [0.3, 0.4) is 0 Å². The number of hydrogen-bond donors (Lipinski definition) is 1. The highest BCUT2D eigenvalue weighted by Crippen LogP contribution is 2.21. The van der Waals surface area contributed by atoms with Gasteiger partial charge in [0.05, 0.1) is 0 Å². The van der Waals surface area contributed by atoms with Crippen LogP contribution in [0.1, 0.15) is 47.0 Å². The Hall–Kier alpha value is -1.03. The maximum absolute atomic E-state index is 4.86. The summed E-state index contributed by atoms with van der Waals surface area (Å²) >= 11 is 0. The fourth-order valence-corrected chi connectivity index (χ4v) is 3.24. The van der Waals surface area contributed by atoms with Crippen molar-refractivity contribution in [1.29, 1.82) is 0 Å². The zero-order valence-corrected chi connectivity index (χ0v) is 14.9. The molecule has 0 saturated carbocycles. The number of aliphatic imine (C=N–C) groups is 1. The molecule has 2 aliphatic heterocycles. The number of nitrogens with one attached hydrogen (secondary N) is 1. The summed E-state index contributed by atoms with van der Waals surface area (Å²) < 4.78 is 0. The van der Waals surface area contributed by atoms with Gasteiger partial charge in [0.1, 0.15) is 0 Å². The fraction of sp³-hybridized carbons (Fsp3) is 0.833. The van der Waals surface area contributed by atoms with Crippen molar-refractivity contribution in [3.8, 4) is 0 Å². The quantitative estimate of drug-likeness (QED) is 0.367. The van der Waals surface area contributed by atoms with E-state index in [9.17, 15) is 0 Å². The van der Waals surface area contributed by atoms with Gasteiger partial charge in [0.15, 0.2) is 5.96 Å². The molecule has 2 rings (SSSR count). The van der Waals surface area contributed by atoms with Crippen LogP contribution in [0.25, 0.3) is 0 Å². The molecule has 0 spiro atoms. The first-order chi connectivity index (χ1) is 10.5. The minimum absolute atomic E-state index is 0.412. The minimum Gasteiger partial charge on any atom is -0.357 e. The molecule has 0 bridgehead atoms. The maximum Gasteiger partial charge on any atom is 0.193 e. The number of guanidine groups is 1. The van der Waals surface area contributed by atoms with Crippen molar-refractivity contribution in [2.45, 2.75) is 53.0 Å². The van der Waals surface area contributed by atoms with Gasteiger partial charge >= 0.3 is 0 Å². The molecular weight excluding hydrogens is 272 g/mol. The molecule has 22 heavy (non-hydrogen) atoms. The van der Waals surface area contributed by atoms with E-state index < -0.39 is 0 Å². The van der Waals surface area contributed by atoms with E-state index >= 15 is 0 Å². The summed E-state index contributed by atoms with van der Waals surface area (Å²) in [5.41, 5.74) is 0.412. The Morgan fingerprint density at radius 2 is 2.00 bits per heavy atom. The summed E-state index contributed by atoms with van der Waals surface area (Å²) in [5, 5.41) is 3.48. The largest absolute Gasteiger partial charge is 0.357 e. The average molecular weight is 306 g/mol. The second-order valence-electron chi connectivity index (χ2n) is 7.71. The molecular formula is C18H34N4. The van der Waals surface area contributed by atoms with Gasteiger partial charge in [-0.2, -0.15) is 0 Å². The second kappa shape index (κ2) is 8.00. The van der Waals surface area contributed by atoms with Gasteiger partial charge in [-0.1, -0.05) is 32.9 Å². The van der Waals surface area contributed by atoms with Gasteiger partial charge in [0.25, 0.3) is 0 Å². The third-order valence-electron chi connectivity index (χ3n) is 4.51. The van der Waals surface area contributed by atoms with Crippen LogP contribution in [0.2, 0.25) is 0 Å². The maximum atomic E-state index is 4.86. The summed E-state index contributed by atoms with van der Waals surface area (Å²) in [6, 6.07) is 0.688. The molecule has 126 valence electrons. The van der Waals surface area contributed by atoms with Gasteiger partial charge in [-0.05, 0) is 31.6 Å². The van der Waals surface area contributed by atoms with Crippen LogP contribution in [0.4, 0.5) is 0 Å². The molecule has 1 N–H and O–H groups in total. The van der Waals surface area contributed by atoms with Crippen LogP contribution in [-0.2, 0) is 0 Å². The molecule has 0 aromatic heterocycles. The predicted octanol–water partition coefficient (Wildman–Crippen LogP) is 2.72. The zero-order valence-electron chi connectivity index (χ0n) is 14.9. The van der Waals surface area contributed by atoms with E-state index in [4.69, 9.17) is 4.99 Å². The number of rotatable bonds is 5. The minimum atomic E-state index is 0.412. The average Bonchev–Trinajstić information content (AvgIpc) is 3.10. The molecule has 2 heterocycles. The van der Waals surface area contributed by atoms with Crippen LogP contribution in [0.5, 0.6) is 0 Å². The molecule has 0 radical (unpaired) electrons. The topological polar surface area (TPSA) is 30.9 Å². The second-order valence-corrected chi connectivity index (χ2v) is 7.71. The van der Waals surface area contributed by atoms with Gasteiger partial charge in [0, 0.05) is 45.3 Å². The summed E-state index contributed by atoms with van der Waals surface area (Å²) in [6.45, 7) is 15.4. The summed E-state index contributed by atoms with van der Waals surface area (Å²) in [4.78, 5) is 9.88. The van der Waals surface area contributed by atoms with Crippen molar-refractivity contribution in [2.24, 2.45) is 10.4 Å². The van der Waals surface area contributed by atoms with E-state index in [0.717, 1.165) is 45.2 Å². The molecule has 0 aromatic carbocycles. The lowest BCUT2D eigenvalue weighted by Gasteiger charge is -2.25. The van der Waals surface area contributed by atoms with Crippen molar-refractivity contribution in [3.05, 3.63) is 12.2 Å². The predicted molar refractivity (Wildman–Crippen MR) is 95.4 cm³/mol. The Morgan fingerprint density at radius 3 is 2.64 bits per heavy atom. The van der Waals surface area contributed by atoms with E-state index in [0.29, 0.717) is 11.5 Å². The lowest BCUT2D eigenvalue weighted by atomic mass is 9.91. The van der Waals surface area contributed by atoms with Crippen molar-refractivity contribution < 1.29 is 0 Å². The molecule has 4 heteroatoms. The Kier molecular flexibility index (Phi) is 6.30. The third kappa shape index (κ3) is 5.31. The van der Waals surface area contributed by atoms with Crippen LogP contribution >= 0.6 is 0 Å². The van der Waals surface area contributed by atoms with Crippen molar-refractivity contribution in [1.82, 2.24) is 15.1 Å². The van der Waals surface area contributed by atoms with Crippen LogP contribution in [0, 0.1) is 5.41 Å². The van der Waals surface area contributed by atoms with E-state index in [-0.39, 0.29) is 0 Å². The zero-order chi connectivity index (χ0) is 16.0. The Morgan fingerprint density at radius 1 is 1.27 bits per heavy atom. The highest BCUT2D eigenvalue weighted by Gasteiger charge is 2.29. The Balaban J connectivity index is 1.82. The first kappa shape index (κ1) is 17.3. The lowest BCUT2D eigenvalue weighted by molar-refractivity contribution is 0.259. The van der Waals surface area contributed by atoms with E-state index in [1.807, 2.05) is 0 Å². The summed E-state index contributed by atoms with van der Waals surface area (Å²) in [6.07, 6.45) is 8.24. The third-order valence-corrected chi connectivity index (χ3v) is 4.51. The van der Waals surface area contributed by atoms with E-state index in [2.05, 4.69) is 55.0 Å². The molecule has 0 aromatic rings. The van der Waals surface area contributed by atoms with Crippen LogP contribution in [0.15, 0.2) is 17.1 Å². The normalized spacial score (nSPS) is 23.5. The van der Waals surface area contributed by atoms with Crippen molar-refractivity contribution >= 4 is 5.96 Å². The molecule has 0 aliphatic carbocycles. The van der Waals surface area contributed by atoms with E-state index in [1.54, 1.807) is 0 Å². The standard InChI is InChI=1S/C18H34N4/c1-5-19-17(20-11-8-10-18(2,3)4)22-14-9-16(15-22)21-12-6-7-13-21/h6-7,16H,5,8-15H2,1-4H3,(H,19,20). The molecule has 0 amide bonds. The molecule has 1 saturated heterocycles. The molecule has 1 fully saturated rings. The molecule has 1 atom stereocenters. The summed E-state index contributed by atoms with van der Waals surface area (Å²) in [5.74, 6) is 1.12. The monoisotopic (exact) mass is 306 g/mol. The van der Waals surface area contributed by atoms with Crippen molar-refractivity contribution in [2.75, 3.05) is 39.3 Å². The van der Waals surface area contributed by atoms with Gasteiger partial charge in [-0.15, -0.1) is 0 Å². The first-order valence-electron chi connectivity index (χ1n) is 8.92. The number of likely N-dealkylation sites (tertiary alicyclic amines) is 1. The van der Waals surface area contributed by atoms with Crippen LogP contribution < -0.4 is 5.32 Å². The van der Waals surface area contributed by atoms with Gasteiger partial charge in [0.2, 0.25) is 0 Å². The van der Waals surface area contributed by atoms with E-state index in [1.165, 1.54) is 19.3 Å². The SMILES string of the molecule is CCNC(=NCCCC(C)(C)C)N1CCC(N2CC=CC2)C1. The lowest BCUT2D eigenvalue weighted by Crippen LogP contribution is -2.42. The number of nitrogens with zero attached hydrogens (tertiary/aromatic N) is 3. The number of hydrogen-bond acceptors (Lipinski definition) is 2. The Labute approximate surface area is 136 Å².